The van der Waals surface area contributed by atoms with Gasteiger partial charge < -0.3 is 9.84 Å². The lowest BCUT2D eigenvalue weighted by atomic mass is 10.1. The van der Waals surface area contributed by atoms with Crippen LogP contribution in [0.4, 0.5) is 0 Å². The maximum atomic E-state index is 11.6. The van der Waals surface area contributed by atoms with Crippen LogP contribution >= 0.6 is 22.7 Å². The van der Waals surface area contributed by atoms with Crippen molar-refractivity contribution in [3.8, 4) is 33.0 Å². The summed E-state index contributed by atoms with van der Waals surface area (Å²) in [5.41, 5.74) is 1.21. The van der Waals surface area contributed by atoms with E-state index in [4.69, 9.17) is 10.00 Å². The van der Waals surface area contributed by atoms with Crippen molar-refractivity contribution in [2.75, 3.05) is 6.61 Å². The van der Waals surface area contributed by atoms with Crippen LogP contribution in [-0.4, -0.2) is 22.7 Å². The minimum Gasteiger partial charge on any atom is -0.491 e. The Labute approximate surface area is 159 Å². The van der Waals surface area contributed by atoms with Gasteiger partial charge in [0.05, 0.1) is 22.4 Å². The number of nitriles is 1. The number of ether oxygens (including phenoxy) is 1. The van der Waals surface area contributed by atoms with Gasteiger partial charge in [0.1, 0.15) is 27.9 Å². The number of rotatable bonds is 7. The Kier molecular flexibility index (Phi) is 5.66. The summed E-state index contributed by atoms with van der Waals surface area (Å²) in [4.78, 5) is 17.2. The molecule has 0 amide bonds. The van der Waals surface area contributed by atoms with Crippen LogP contribution in [0.25, 0.3) is 21.1 Å². The molecule has 3 aromatic rings. The van der Waals surface area contributed by atoms with E-state index in [2.05, 4.69) is 11.1 Å². The van der Waals surface area contributed by atoms with Gasteiger partial charge in [0, 0.05) is 0 Å². The van der Waals surface area contributed by atoms with Crippen molar-refractivity contribution in [2.45, 2.75) is 13.3 Å². The van der Waals surface area contributed by atoms with Gasteiger partial charge in [0.2, 0.25) is 0 Å². The van der Waals surface area contributed by atoms with Gasteiger partial charge >= 0.3 is 5.97 Å². The summed E-state index contributed by atoms with van der Waals surface area (Å²) in [6.07, 6.45) is 0.710. The lowest BCUT2D eigenvalue weighted by molar-refractivity contribution is 0.0702. The molecule has 0 spiro atoms. The van der Waals surface area contributed by atoms with Crippen LogP contribution in [0.15, 0.2) is 41.8 Å². The average Bonchev–Trinajstić information content (AvgIpc) is 3.32. The standard InChI is InChI=1S/C19H16N2O3S2/c1-2-12(10-20)11-24-14-7-4-3-6-13(14)18-21-16(15-8-5-9-25-15)17(26-18)19(22)23/h3-9,12H,2,11H2,1H3,(H,22,23). The number of carbonyl (C=O) groups is 1. The number of carboxylic acid groups (broad SMARTS) is 1. The highest BCUT2D eigenvalue weighted by atomic mass is 32.1. The SMILES string of the molecule is CCC(C#N)COc1ccccc1-c1nc(-c2cccs2)c(C(=O)O)s1. The number of thiophene rings is 1. The third kappa shape index (κ3) is 3.77. The van der Waals surface area contributed by atoms with Gasteiger partial charge in [0.25, 0.3) is 0 Å². The largest absolute Gasteiger partial charge is 0.491 e. The monoisotopic (exact) mass is 384 g/mol. The fraction of sp³-hybridized carbons (Fsp3) is 0.211. The van der Waals surface area contributed by atoms with E-state index in [1.807, 2.05) is 48.7 Å². The van der Waals surface area contributed by atoms with E-state index in [1.165, 1.54) is 11.3 Å². The summed E-state index contributed by atoms with van der Waals surface area (Å²) < 4.78 is 5.84. The van der Waals surface area contributed by atoms with E-state index >= 15 is 0 Å². The van der Waals surface area contributed by atoms with Crippen LogP contribution in [0.2, 0.25) is 0 Å². The van der Waals surface area contributed by atoms with Crippen LogP contribution in [0.5, 0.6) is 5.75 Å². The molecule has 0 aliphatic carbocycles. The number of carboxylic acids is 1. The molecule has 1 aromatic carbocycles. The molecule has 0 fully saturated rings. The first kappa shape index (κ1) is 18.1. The van der Waals surface area contributed by atoms with Crippen LogP contribution in [0.1, 0.15) is 23.0 Å². The lowest BCUT2D eigenvalue weighted by Gasteiger charge is -2.12. The third-order valence-electron chi connectivity index (χ3n) is 3.81. The van der Waals surface area contributed by atoms with E-state index in [0.29, 0.717) is 29.5 Å². The average molecular weight is 384 g/mol. The van der Waals surface area contributed by atoms with Gasteiger partial charge in [-0.15, -0.1) is 22.7 Å². The van der Waals surface area contributed by atoms with Crippen molar-refractivity contribution in [1.82, 2.24) is 4.98 Å². The second kappa shape index (κ2) is 8.13. The normalized spacial score (nSPS) is 11.7. The maximum Gasteiger partial charge on any atom is 0.348 e. The Balaban J connectivity index is 1.99. The molecule has 26 heavy (non-hydrogen) atoms. The first-order valence-corrected chi connectivity index (χ1v) is 9.73. The van der Waals surface area contributed by atoms with Gasteiger partial charge in [0.15, 0.2) is 0 Å². The Morgan fingerprint density at radius 2 is 2.15 bits per heavy atom. The van der Waals surface area contributed by atoms with Crippen LogP contribution in [0, 0.1) is 17.2 Å². The highest BCUT2D eigenvalue weighted by molar-refractivity contribution is 7.18. The highest BCUT2D eigenvalue weighted by Gasteiger charge is 2.22. The van der Waals surface area contributed by atoms with Crippen molar-refractivity contribution in [3.05, 3.63) is 46.7 Å². The zero-order valence-electron chi connectivity index (χ0n) is 14.0. The molecule has 5 nitrogen and oxygen atoms in total. The zero-order valence-corrected chi connectivity index (χ0v) is 15.6. The molecule has 7 heteroatoms. The number of thiazole rings is 1. The minimum atomic E-state index is -0.994. The Hall–Kier alpha value is -2.69. The zero-order chi connectivity index (χ0) is 18.5. The number of para-hydroxylation sites is 1. The molecule has 0 aliphatic heterocycles. The molecule has 1 unspecified atom stereocenters. The second-order valence-electron chi connectivity index (χ2n) is 5.52. The Morgan fingerprint density at radius 1 is 1.35 bits per heavy atom. The second-order valence-corrected chi connectivity index (χ2v) is 7.47. The summed E-state index contributed by atoms with van der Waals surface area (Å²) >= 11 is 2.58. The molecule has 0 saturated carbocycles. The number of aromatic carboxylic acids is 1. The van der Waals surface area contributed by atoms with Crippen LogP contribution in [0.3, 0.4) is 0 Å². The van der Waals surface area contributed by atoms with E-state index in [1.54, 1.807) is 0 Å². The van der Waals surface area contributed by atoms with Crippen molar-refractivity contribution < 1.29 is 14.6 Å². The summed E-state index contributed by atoms with van der Waals surface area (Å²) in [6.45, 7) is 2.23. The molecule has 0 saturated heterocycles. The predicted octanol–water partition coefficient (Wildman–Crippen LogP) is 5.17. The van der Waals surface area contributed by atoms with E-state index < -0.39 is 5.97 Å². The van der Waals surface area contributed by atoms with Gasteiger partial charge in [-0.25, -0.2) is 9.78 Å². The minimum absolute atomic E-state index is 0.185. The summed E-state index contributed by atoms with van der Waals surface area (Å²) in [7, 11) is 0. The fourth-order valence-electron chi connectivity index (χ4n) is 2.37. The van der Waals surface area contributed by atoms with Gasteiger partial charge in [-0.1, -0.05) is 25.1 Å². The summed E-state index contributed by atoms with van der Waals surface area (Å²) in [6, 6.07) is 13.3. The van der Waals surface area contributed by atoms with Gasteiger partial charge in [-0.2, -0.15) is 5.26 Å². The third-order valence-corrected chi connectivity index (χ3v) is 5.76. The highest BCUT2D eigenvalue weighted by Crippen LogP contribution is 2.39. The number of hydrogen-bond donors (Lipinski definition) is 1. The van der Waals surface area contributed by atoms with Crippen molar-refractivity contribution >= 4 is 28.6 Å². The van der Waals surface area contributed by atoms with Crippen molar-refractivity contribution in [3.63, 3.8) is 0 Å². The van der Waals surface area contributed by atoms with Gasteiger partial charge in [-0.05, 0) is 30.0 Å². The van der Waals surface area contributed by atoms with Crippen LogP contribution < -0.4 is 4.74 Å². The summed E-state index contributed by atoms with van der Waals surface area (Å²) in [5, 5.41) is 21.1. The van der Waals surface area contributed by atoms with E-state index in [0.717, 1.165) is 21.8 Å². The number of hydrogen-bond acceptors (Lipinski definition) is 6. The van der Waals surface area contributed by atoms with Crippen LogP contribution in [-0.2, 0) is 0 Å². The molecule has 132 valence electrons. The van der Waals surface area contributed by atoms with Crippen molar-refractivity contribution in [2.24, 2.45) is 5.92 Å². The lowest BCUT2D eigenvalue weighted by Crippen LogP contribution is -2.09. The number of benzene rings is 1. The smallest absolute Gasteiger partial charge is 0.348 e. The molecule has 3 rings (SSSR count). The first-order valence-electron chi connectivity index (χ1n) is 8.03. The van der Waals surface area contributed by atoms with E-state index in [9.17, 15) is 9.90 Å². The maximum absolute atomic E-state index is 11.6. The topological polar surface area (TPSA) is 83.2 Å². The molecule has 2 heterocycles. The number of nitrogens with zero attached hydrogens (tertiary/aromatic N) is 2. The van der Waals surface area contributed by atoms with Crippen molar-refractivity contribution in [1.29, 1.82) is 5.26 Å². The molecule has 1 N–H and O–H groups in total. The molecule has 0 aliphatic rings. The Morgan fingerprint density at radius 3 is 2.81 bits per heavy atom. The van der Waals surface area contributed by atoms with E-state index in [-0.39, 0.29) is 10.8 Å². The molecule has 0 bridgehead atoms. The fourth-order valence-corrected chi connectivity index (χ4v) is 4.10. The summed E-state index contributed by atoms with van der Waals surface area (Å²) in [5.74, 6) is -0.577. The Bertz CT molecular complexity index is 942. The molecule has 1 atom stereocenters. The molecular weight excluding hydrogens is 368 g/mol. The molecular formula is C19H16N2O3S2. The molecule has 0 radical (unpaired) electrons. The molecule has 2 aromatic heterocycles. The predicted molar refractivity (Wildman–Crippen MR) is 103 cm³/mol. The quantitative estimate of drug-likeness (QED) is 0.608. The van der Waals surface area contributed by atoms with Gasteiger partial charge in [-0.3, -0.25) is 0 Å². The number of aromatic nitrogens is 1. The first-order chi connectivity index (χ1) is 12.6.